The highest BCUT2D eigenvalue weighted by Gasteiger charge is 2.55. The molecule has 3 aliphatic rings. The number of carboxylic acids is 1. The molecule has 0 radical (unpaired) electrons. The first kappa shape index (κ1) is 28.0. The van der Waals surface area contributed by atoms with Crippen molar-refractivity contribution >= 4 is 5.97 Å². The van der Waals surface area contributed by atoms with Crippen LogP contribution in [0.3, 0.4) is 0 Å². The molecule has 6 nitrogen and oxygen atoms in total. The number of aliphatic carboxylic acids is 1. The third-order valence-corrected chi connectivity index (χ3v) is 8.88. The summed E-state index contributed by atoms with van der Waals surface area (Å²) in [5.74, 6) is 3.00. The van der Waals surface area contributed by atoms with Gasteiger partial charge in [0.1, 0.15) is 18.1 Å². The Hall–Kier alpha value is -2.57. The van der Waals surface area contributed by atoms with E-state index >= 15 is 0 Å². The molecule has 2 aromatic rings. The minimum atomic E-state index is -0.969. The standard InChI is InChI=1S/C33H46N2O4/c1-33(2,3)25-11-15-27(16-12-25)39-30(32(36)37)19-23-9-13-26(14-10-23)38-18-17-34-31-28-21-35(22-29(28)31)20-24-7-5-4-6-8-24/h9-16,24,28-31,34H,4-8,17-22H2,1-3H3,(H,36,37)/t28-,29?,30-,31?/m0/s1. The highest BCUT2D eigenvalue weighted by molar-refractivity contribution is 5.73. The maximum absolute atomic E-state index is 11.9. The molecule has 2 unspecified atom stereocenters. The summed E-state index contributed by atoms with van der Waals surface area (Å²) < 4.78 is 11.8. The third kappa shape index (κ3) is 7.55. The highest BCUT2D eigenvalue weighted by Crippen LogP contribution is 2.46. The summed E-state index contributed by atoms with van der Waals surface area (Å²) in [5.41, 5.74) is 2.13. The normalized spacial score (nSPS) is 24.2. The van der Waals surface area contributed by atoms with Crippen LogP contribution in [0.2, 0.25) is 0 Å². The quantitative estimate of drug-likeness (QED) is 0.349. The molecule has 0 spiro atoms. The van der Waals surface area contributed by atoms with E-state index in [4.69, 9.17) is 9.47 Å². The van der Waals surface area contributed by atoms with Crippen LogP contribution in [0.25, 0.3) is 0 Å². The minimum absolute atomic E-state index is 0.0390. The minimum Gasteiger partial charge on any atom is -0.492 e. The average molecular weight is 535 g/mol. The summed E-state index contributed by atoms with van der Waals surface area (Å²) >= 11 is 0. The molecule has 3 fully saturated rings. The van der Waals surface area contributed by atoms with Gasteiger partial charge in [-0.15, -0.1) is 0 Å². The Balaban J connectivity index is 1.000. The molecule has 1 aliphatic heterocycles. The van der Waals surface area contributed by atoms with Gasteiger partial charge in [-0.25, -0.2) is 4.79 Å². The van der Waals surface area contributed by atoms with Crippen molar-refractivity contribution in [3.63, 3.8) is 0 Å². The van der Waals surface area contributed by atoms with Crippen LogP contribution in [0.5, 0.6) is 11.5 Å². The van der Waals surface area contributed by atoms with Gasteiger partial charge < -0.3 is 24.8 Å². The Morgan fingerprint density at radius 1 is 0.974 bits per heavy atom. The molecule has 2 saturated carbocycles. The van der Waals surface area contributed by atoms with Gasteiger partial charge in [-0.1, -0.05) is 64.3 Å². The lowest BCUT2D eigenvalue weighted by molar-refractivity contribution is -0.145. The molecule has 1 heterocycles. The van der Waals surface area contributed by atoms with E-state index in [1.54, 1.807) is 0 Å². The van der Waals surface area contributed by atoms with E-state index in [0.29, 0.717) is 24.8 Å². The SMILES string of the molecule is CC(C)(C)c1ccc(O[C@@H](Cc2ccc(OCCNC3C4CN(CC5CCCCC5)C[C@@H]43)cc2)C(=O)O)cc1. The molecule has 0 aromatic heterocycles. The Labute approximate surface area is 234 Å². The number of hydrogen-bond donors (Lipinski definition) is 2. The van der Waals surface area contributed by atoms with Crippen molar-refractivity contribution < 1.29 is 19.4 Å². The van der Waals surface area contributed by atoms with Crippen molar-refractivity contribution in [2.75, 3.05) is 32.8 Å². The molecular weight excluding hydrogens is 488 g/mol. The van der Waals surface area contributed by atoms with E-state index in [-0.39, 0.29) is 5.41 Å². The lowest BCUT2D eigenvalue weighted by atomic mass is 9.87. The summed E-state index contributed by atoms with van der Waals surface area (Å²) in [6, 6.07) is 16.1. The predicted octanol–water partition coefficient (Wildman–Crippen LogP) is 5.54. The smallest absolute Gasteiger partial charge is 0.345 e. The van der Waals surface area contributed by atoms with Crippen molar-refractivity contribution in [1.82, 2.24) is 10.2 Å². The van der Waals surface area contributed by atoms with E-state index in [9.17, 15) is 9.90 Å². The van der Waals surface area contributed by atoms with E-state index < -0.39 is 12.1 Å². The number of rotatable bonds is 12. The summed E-state index contributed by atoms with van der Waals surface area (Å²) in [4.78, 5) is 14.6. The zero-order chi connectivity index (χ0) is 27.4. The van der Waals surface area contributed by atoms with Crippen molar-refractivity contribution in [2.45, 2.75) is 76.9 Å². The lowest BCUT2D eigenvalue weighted by Gasteiger charge is -2.28. The van der Waals surface area contributed by atoms with Crippen LogP contribution >= 0.6 is 0 Å². The van der Waals surface area contributed by atoms with Crippen LogP contribution in [0.4, 0.5) is 0 Å². The van der Waals surface area contributed by atoms with Gasteiger partial charge in [0, 0.05) is 38.6 Å². The fourth-order valence-electron chi connectivity index (χ4n) is 6.51. The molecule has 6 heteroatoms. The van der Waals surface area contributed by atoms with Crippen LogP contribution in [0.1, 0.15) is 64.0 Å². The fourth-order valence-corrected chi connectivity index (χ4v) is 6.51. The maximum atomic E-state index is 11.9. The highest BCUT2D eigenvalue weighted by atomic mass is 16.5. The summed E-state index contributed by atoms with van der Waals surface area (Å²) in [6.45, 7) is 11.8. The molecule has 2 N–H and O–H groups in total. The number of carbonyl (C=O) groups is 1. The Morgan fingerprint density at radius 3 is 2.23 bits per heavy atom. The first-order chi connectivity index (χ1) is 18.8. The molecule has 2 aromatic carbocycles. The van der Waals surface area contributed by atoms with Crippen LogP contribution in [0, 0.1) is 17.8 Å². The number of nitrogens with zero attached hydrogens (tertiary/aromatic N) is 1. The van der Waals surface area contributed by atoms with Gasteiger partial charge in [0.05, 0.1) is 0 Å². The van der Waals surface area contributed by atoms with Crippen molar-refractivity contribution in [1.29, 1.82) is 0 Å². The van der Waals surface area contributed by atoms with E-state index in [0.717, 1.165) is 35.6 Å². The Kier molecular flexibility index (Phi) is 8.82. The van der Waals surface area contributed by atoms with Crippen LogP contribution in [-0.4, -0.2) is 60.9 Å². The molecule has 212 valence electrons. The van der Waals surface area contributed by atoms with Gasteiger partial charge in [-0.3, -0.25) is 0 Å². The average Bonchev–Trinajstić information content (AvgIpc) is 3.37. The molecule has 2 aliphatic carbocycles. The number of piperidine rings is 1. The molecule has 4 atom stereocenters. The topological polar surface area (TPSA) is 71.0 Å². The van der Waals surface area contributed by atoms with Gasteiger partial charge in [0.25, 0.3) is 0 Å². The van der Waals surface area contributed by atoms with Crippen LogP contribution < -0.4 is 14.8 Å². The summed E-state index contributed by atoms with van der Waals surface area (Å²) in [7, 11) is 0. The Morgan fingerprint density at radius 2 is 1.62 bits per heavy atom. The largest absolute Gasteiger partial charge is 0.492 e. The second-order valence-electron chi connectivity index (χ2n) is 12.9. The van der Waals surface area contributed by atoms with Gasteiger partial charge in [0.15, 0.2) is 6.10 Å². The third-order valence-electron chi connectivity index (χ3n) is 8.88. The van der Waals surface area contributed by atoms with Gasteiger partial charge in [0.2, 0.25) is 0 Å². The predicted molar refractivity (Wildman–Crippen MR) is 155 cm³/mol. The van der Waals surface area contributed by atoms with Crippen molar-refractivity contribution in [2.24, 2.45) is 17.8 Å². The molecule has 0 bridgehead atoms. The zero-order valence-electron chi connectivity index (χ0n) is 23.9. The Bertz CT molecular complexity index is 1060. The molecular formula is C33H46N2O4. The number of fused-ring (bicyclic) bond motifs is 1. The summed E-state index contributed by atoms with van der Waals surface area (Å²) in [6.07, 6.45) is 6.52. The number of benzene rings is 2. The monoisotopic (exact) mass is 534 g/mol. The molecule has 0 amide bonds. The van der Waals surface area contributed by atoms with E-state index in [1.165, 1.54) is 57.3 Å². The fraction of sp³-hybridized carbons (Fsp3) is 0.606. The lowest BCUT2D eigenvalue weighted by Crippen LogP contribution is -2.36. The van der Waals surface area contributed by atoms with Crippen molar-refractivity contribution in [3.8, 4) is 11.5 Å². The second-order valence-corrected chi connectivity index (χ2v) is 12.9. The molecule has 1 saturated heterocycles. The number of ether oxygens (including phenoxy) is 2. The first-order valence-corrected chi connectivity index (χ1v) is 14.9. The van der Waals surface area contributed by atoms with Gasteiger partial charge in [-0.05, 0) is 71.4 Å². The van der Waals surface area contributed by atoms with E-state index in [1.807, 2.05) is 48.5 Å². The van der Waals surface area contributed by atoms with Gasteiger partial charge >= 0.3 is 5.97 Å². The maximum Gasteiger partial charge on any atom is 0.345 e. The second kappa shape index (κ2) is 12.3. The van der Waals surface area contributed by atoms with E-state index in [2.05, 4.69) is 31.0 Å². The number of carboxylic acid groups (broad SMARTS) is 1. The molecule has 5 rings (SSSR count). The number of hydrogen-bond acceptors (Lipinski definition) is 5. The van der Waals surface area contributed by atoms with Crippen molar-refractivity contribution in [3.05, 3.63) is 59.7 Å². The van der Waals surface area contributed by atoms with Crippen LogP contribution in [-0.2, 0) is 16.6 Å². The van der Waals surface area contributed by atoms with Crippen LogP contribution in [0.15, 0.2) is 48.5 Å². The summed E-state index contributed by atoms with van der Waals surface area (Å²) in [5, 5.41) is 13.4. The first-order valence-electron chi connectivity index (χ1n) is 14.9. The number of nitrogens with one attached hydrogen (secondary N) is 1. The zero-order valence-corrected chi connectivity index (χ0v) is 23.9. The molecule has 39 heavy (non-hydrogen) atoms. The number of likely N-dealkylation sites (tertiary alicyclic amines) is 1. The van der Waals surface area contributed by atoms with Gasteiger partial charge in [-0.2, -0.15) is 0 Å².